The highest BCUT2D eigenvalue weighted by Crippen LogP contribution is 2.22. The van der Waals surface area contributed by atoms with Crippen molar-refractivity contribution in [1.82, 2.24) is 4.98 Å². The lowest BCUT2D eigenvalue weighted by atomic mass is 10.2. The van der Waals surface area contributed by atoms with E-state index in [9.17, 15) is 9.59 Å². The summed E-state index contributed by atoms with van der Waals surface area (Å²) in [6, 6.07) is 14.1. The lowest BCUT2D eigenvalue weighted by Gasteiger charge is -2.06. The minimum Gasteiger partial charge on any atom is -0.452 e. The van der Waals surface area contributed by atoms with Crippen LogP contribution in [-0.4, -0.2) is 23.5 Å². The Morgan fingerprint density at radius 2 is 2.11 bits per heavy atom. The number of amides is 1. The average molecular weight is 398 g/mol. The first kappa shape index (κ1) is 18.6. The van der Waals surface area contributed by atoms with E-state index in [1.807, 2.05) is 30.3 Å². The predicted molar refractivity (Wildman–Crippen MR) is 104 cm³/mol. The van der Waals surface area contributed by atoms with Crippen molar-refractivity contribution in [3.05, 3.63) is 64.1 Å². The number of rotatable bonds is 5. The number of ether oxygens (including phenoxy) is 1. The highest BCUT2D eigenvalue weighted by atomic mass is 35.5. The number of aromatic nitrogens is 1. The maximum atomic E-state index is 11.8. The van der Waals surface area contributed by atoms with E-state index in [-0.39, 0.29) is 5.02 Å². The summed E-state index contributed by atoms with van der Waals surface area (Å²) in [6.07, 6.45) is 2.77. The summed E-state index contributed by atoms with van der Waals surface area (Å²) in [6.45, 7) is -0.444. The number of nitrogens with one attached hydrogen (secondary N) is 1. The fraction of sp³-hybridized carbons (Fsp3) is 0.0526. The van der Waals surface area contributed by atoms with Crippen LogP contribution in [0.5, 0.6) is 0 Å². The fourth-order valence-corrected chi connectivity index (χ4v) is 3.26. The Morgan fingerprint density at radius 1 is 1.30 bits per heavy atom. The number of carbonyl (C=O) groups excluding carboxylic acids is 2. The molecule has 2 aromatic carbocycles. The van der Waals surface area contributed by atoms with Crippen molar-refractivity contribution in [1.29, 1.82) is 5.26 Å². The number of hydrogen-bond acceptors (Lipinski definition) is 6. The zero-order valence-corrected chi connectivity index (χ0v) is 15.4. The second kappa shape index (κ2) is 8.45. The standard InChI is InChI=1S/C19H12ClN3O3S/c20-14-9-13(6-5-12(14)10-21)22-17(24)11-26-19(25)8-7-18-23-15-3-1-2-4-16(15)27-18/h1-9H,11H2,(H,22,24)/b8-7+. The number of thiazole rings is 1. The molecule has 8 heteroatoms. The number of anilines is 1. The van der Waals surface area contributed by atoms with E-state index >= 15 is 0 Å². The lowest BCUT2D eigenvalue weighted by Crippen LogP contribution is -2.20. The molecule has 1 heterocycles. The van der Waals surface area contributed by atoms with Gasteiger partial charge in [-0.15, -0.1) is 11.3 Å². The maximum absolute atomic E-state index is 11.8. The number of nitriles is 1. The molecular weight excluding hydrogens is 386 g/mol. The smallest absolute Gasteiger partial charge is 0.331 e. The Balaban J connectivity index is 1.51. The third-order valence-electron chi connectivity index (χ3n) is 3.39. The molecule has 6 nitrogen and oxygen atoms in total. The van der Waals surface area contributed by atoms with Gasteiger partial charge in [-0.2, -0.15) is 5.26 Å². The molecular formula is C19H12ClN3O3S. The monoisotopic (exact) mass is 397 g/mol. The van der Waals surface area contributed by atoms with E-state index in [0.29, 0.717) is 16.3 Å². The van der Waals surface area contributed by atoms with Crippen LogP contribution < -0.4 is 5.32 Å². The highest BCUT2D eigenvalue weighted by molar-refractivity contribution is 7.19. The van der Waals surface area contributed by atoms with Gasteiger partial charge < -0.3 is 10.1 Å². The minimum atomic E-state index is -0.651. The van der Waals surface area contributed by atoms with Crippen molar-refractivity contribution in [3.8, 4) is 6.07 Å². The maximum Gasteiger partial charge on any atom is 0.331 e. The summed E-state index contributed by atoms with van der Waals surface area (Å²) >= 11 is 7.35. The Morgan fingerprint density at radius 3 is 2.85 bits per heavy atom. The van der Waals surface area contributed by atoms with E-state index in [1.54, 1.807) is 6.08 Å². The second-order valence-electron chi connectivity index (χ2n) is 5.32. The summed E-state index contributed by atoms with van der Waals surface area (Å²) in [5, 5.41) is 12.3. The van der Waals surface area contributed by atoms with Gasteiger partial charge in [0.1, 0.15) is 11.1 Å². The van der Waals surface area contributed by atoms with Crippen LogP contribution in [0.15, 0.2) is 48.5 Å². The zero-order chi connectivity index (χ0) is 19.2. The van der Waals surface area contributed by atoms with Gasteiger partial charge in [0, 0.05) is 11.8 Å². The Hall–Kier alpha value is -3.21. The van der Waals surface area contributed by atoms with Crippen LogP contribution >= 0.6 is 22.9 Å². The number of benzene rings is 2. The van der Waals surface area contributed by atoms with Gasteiger partial charge in [0.05, 0.1) is 20.8 Å². The molecule has 1 aromatic heterocycles. The summed E-state index contributed by atoms with van der Waals surface area (Å²) in [7, 11) is 0. The fourth-order valence-electron chi connectivity index (χ4n) is 2.17. The van der Waals surface area contributed by atoms with Crippen LogP contribution in [-0.2, 0) is 14.3 Å². The van der Waals surface area contributed by atoms with Crippen molar-refractivity contribution in [2.75, 3.05) is 11.9 Å². The predicted octanol–water partition coefficient (Wildman–Crippen LogP) is 4.02. The van der Waals surface area contributed by atoms with Crippen LogP contribution in [0.3, 0.4) is 0 Å². The third-order valence-corrected chi connectivity index (χ3v) is 4.71. The van der Waals surface area contributed by atoms with E-state index in [2.05, 4.69) is 10.3 Å². The van der Waals surface area contributed by atoms with Gasteiger partial charge >= 0.3 is 5.97 Å². The zero-order valence-electron chi connectivity index (χ0n) is 13.8. The molecule has 0 aliphatic carbocycles. The minimum absolute atomic E-state index is 0.228. The summed E-state index contributed by atoms with van der Waals surface area (Å²) in [4.78, 5) is 28.0. The van der Waals surface area contributed by atoms with Crippen LogP contribution in [0.1, 0.15) is 10.6 Å². The van der Waals surface area contributed by atoms with Gasteiger partial charge in [-0.3, -0.25) is 4.79 Å². The van der Waals surface area contributed by atoms with E-state index in [4.69, 9.17) is 21.6 Å². The molecule has 3 aromatic rings. The normalized spacial score (nSPS) is 10.7. The van der Waals surface area contributed by atoms with Crippen LogP contribution in [0.4, 0.5) is 5.69 Å². The molecule has 0 radical (unpaired) electrons. The molecule has 3 rings (SSSR count). The number of hydrogen-bond donors (Lipinski definition) is 1. The van der Waals surface area contributed by atoms with Gasteiger partial charge in [0.15, 0.2) is 6.61 Å². The molecule has 0 atom stereocenters. The van der Waals surface area contributed by atoms with E-state index in [1.165, 1.54) is 35.6 Å². The molecule has 0 saturated heterocycles. The summed E-state index contributed by atoms with van der Waals surface area (Å²) < 4.78 is 5.92. The number of carbonyl (C=O) groups is 2. The molecule has 0 bridgehead atoms. The molecule has 0 spiro atoms. The van der Waals surface area contributed by atoms with Crippen LogP contribution in [0, 0.1) is 11.3 Å². The third kappa shape index (κ3) is 4.91. The molecule has 0 saturated carbocycles. The van der Waals surface area contributed by atoms with Crippen LogP contribution in [0.25, 0.3) is 16.3 Å². The number of fused-ring (bicyclic) bond motifs is 1. The molecule has 1 amide bonds. The molecule has 0 aliphatic rings. The van der Waals surface area contributed by atoms with Gasteiger partial charge in [0.25, 0.3) is 5.91 Å². The summed E-state index contributed by atoms with van der Waals surface area (Å²) in [5.41, 5.74) is 1.57. The van der Waals surface area contributed by atoms with Crippen molar-refractivity contribution >= 4 is 56.8 Å². The number of esters is 1. The molecule has 0 aliphatic heterocycles. The van der Waals surface area contributed by atoms with Crippen LogP contribution in [0.2, 0.25) is 5.02 Å². The average Bonchev–Trinajstić information content (AvgIpc) is 3.08. The molecule has 0 fully saturated rings. The van der Waals surface area contributed by atoms with Crippen molar-refractivity contribution in [2.45, 2.75) is 0 Å². The topological polar surface area (TPSA) is 92.1 Å². The Bertz CT molecular complexity index is 1050. The van der Waals surface area contributed by atoms with Crippen molar-refractivity contribution < 1.29 is 14.3 Å². The number of nitrogens with zero attached hydrogens (tertiary/aromatic N) is 2. The lowest BCUT2D eigenvalue weighted by molar-refractivity contribution is -0.142. The number of para-hydroxylation sites is 1. The van der Waals surface area contributed by atoms with Gasteiger partial charge in [-0.05, 0) is 36.4 Å². The first-order valence-corrected chi connectivity index (χ1v) is 8.94. The van der Waals surface area contributed by atoms with E-state index < -0.39 is 18.5 Å². The molecule has 0 unspecified atom stereocenters. The van der Waals surface area contributed by atoms with Crippen molar-refractivity contribution in [2.24, 2.45) is 0 Å². The van der Waals surface area contributed by atoms with Crippen molar-refractivity contribution in [3.63, 3.8) is 0 Å². The van der Waals surface area contributed by atoms with Gasteiger partial charge in [0.2, 0.25) is 0 Å². The Labute approximate surface area is 163 Å². The van der Waals surface area contributed by atoms with E-state index in [0.717, 1.165) is 10.2 Å². The molecule has 1 N–H and O–H groups in total. The largest absolute Gasteiger partial charge is 0.452 e. The highest BCUT2D eigenvalue weighted by Gasteiger charge is 2.08. The second-order valence-corrected chi connectivity index (χ2v) is 6.78. The summed E-state index contributed by atoms with van der Waals surface area (Å²) in [5.74, 6) is -1.17. The SMILES string of the molecule is N#Cc1ccc(NC(=O)COC(=O)/C=C/c2nc3ccccc3s2)cc1Cl. The number of halogens is 1. The quantitative estimate of drug-likeness (QED) is 0.518. The van der Waals surface area contributed by atoms with Gasteiger partial charge in [-0.1, -0.05) is 23.7 Å². The molecule has 134 valence electrons. The van der Waals surface area contributed by atoms with Gasteiger partial charge in [-0.25, -0.2) is 9.78 Å². The first-order valence-electron chi connectivity index (χ1n) is 7.75. The Kier molecular flexibility index (Phi) is 5.81. The first-order chi connectivity index (χ1) is 13.0. The molecule has 27 heavy (non-hydrogen) atoms.